The van der Waals surface area contributed by atoms with Crippen LogP contribution in [0.5, 0.6) is 0 Å². The number of hydrogen-bond donors (Lipinski definition) is 2. The van der Waals surface area contributed by atoms with Gasteiger partial charge in [0.1, 0.15) is 24.4 Å². The van der Waals surface area contributed by atoms with Crippen molar-refractivity contribution in [3.8, 4) is 0 Å². The zero-order chi connectivity index (χ0) is 23.9. The number of nitrogens with one attached hydrogen (secondary N) is 1. The molecule has 3 heterocycles. The molecule has 0 aromatic heterocycles. The fourth-order valence-electron chi connectivity index (χ4n) is 5.39. The van der Waals surface area contributed by atoms with Gasteiger partial charge in [-0.2, -0.15) is 0 Å². The highest BCUT2D eigenvalue weighted by Crippen LogP contribution is 2.44. The van der Waals surface area contributed by atoms with Crippen molar-refractivity contribution < 1.29 is 28.8 Å². The van der Waals surface area contributed by atoms with Crippen LogP contribution >= 0.6 is 0 Å². The zero-order valence-electron chi connectivity index (χ0n) is 21.6. The van der Waals surface area contributed by atoms with E-state index >= 15 is 0 Å². The average Bonchev–Trinajstić information content (AvgIpc) is 3.24. The van der Waals surface area contributed by atoms with E-state index in [1.807, 2.05) is 27.7 Å². The molecule has 3 aliphatic heterocycles. The van der Waals surface area contributed by atoms with Gasteiger partial charge in [-0.15, -0.1) is 0 Å². The molecule has 33 heavy (non-hydrogen) atoms. The molecule has 0 aliphatic carbocycles. The summed E-state index contributed by atoms with van der Waals surface area (Å²) in [7, 11) is 0. The zero-order valence-corrected chi connectivity index (χ0v) is 21.6. The lowest BCUT2D eigenvalue weighted by Crippen LogP contribution is -2.61. The Hall–Kier alpha value is -0.280. The van der Waals surface area contributed by atoms with Crippen LogP contribution < -0.4 is 5.32 Å². The SMILES string of the molecule is CCCCCCCCCCCCN[C@@H](CCO)[C@H]1O[C@H]2OC(C)(C)O[C@@H]2[C@H]2OC(C)(C)O[C@H]21. The minimum atomic E-state index is -0.721. The summed E-state index contributed by atoms with van der Waals surface area (Å²) in [5, 5.41) is 13.4. The predicted octanol–water partition coefficient (Wildman–Crippen LogP) is 4.64. The lowest BCUT2D eigenvalue weighted by atomic mass is 9.92. The second-order valence-electron chi connectivity index (χ2n) is 10.9. The fraction of sp³-hybridized carbons (Fsp3) is 1.00. The molecule has 0 amide bonds. The molecule has 194 valence electrons. The van der Waals surface area contributed by atoms with Crippen LogP contribution in [-0.4, -0.2) is 66.6 Å². The smallest absolute Gasteiger partial charge is 0.190 e. The van der Waals surface area contributed by atoms with Crippen molar-refractivity contribution in [2.75, 3.05) is 13.2 Å². The third-order valence-electron chi connectivity index (χ3n) is 6.96. The predicted molar refractivity (Wildman–Crippen MR) is 128 cm³/mol. The molecule has 6 atom stereocenters. The van der Waals surface area contributed by atoms with E-state index in [0.717, 1.165) is 13.0 Å². The molecule has 0 aromatic carbocycles. The summed E-state index contributed by atoms with van der Waals surface area (Å²) in [6.07, 6.45) is 12.2. The summed E-state index contributed by atoms with van der Waals surface area (Å²) in [5.41, 5.74) is 0. The Morgan fingerprint density at radius 3 is 1.91 bits per heavy atom. The van der Waals surface area contributed by atoms with Gasteiger partial charge in [-0.3, -0.25) is 0 Å². The highest BCUT2D eigenvalue weighted by Gasteiger charge is 2.61. The largest absolute Gasteiger partial charge is 0.396 e. The van der Waals surface area contributed by atoms with Crippen molar-refractivity contribution in [3.63, 3.8) is 0 Å². The molecule has 3 saturated heterocycles. The normalized spacial score (nSPS) is 33.1. The van der Waals surface area contributed by atoms with Crippen LogP contribution in [0, 0.1) is 0 Å². The maximum absolute atomic E-state index is 9.73. The van der Waals surface area contributed by atoms with Crippen molar-refractivity contribution in [1.29, 1.82) is 0 Å². The first-order valence-corrected chi connectivity index (χ1v) is 13.5. The summed E-state index contributed by atoms with van der Waals surface area (Å²) in [6, 6.07) is -0.0353. The first-order chi connectivity index (χ1) is 15.8. The quantitative estimate of drug-likeness (QED) is 0.337. The van der Waals surface area contributed by atoms with Crippen molar-refractivity contribution in [1.82, 2.24) is 5.32 Å². The third kappa shape index (κ3) is 7.86. The standard InChI is InChI=1S/C26H49NO6/c1-6-7-8-9-10-11-12-13-14-15-17-27-19(16-18-28)20-21-22(31-25(2,3)30-21)23-24(29-20)33-26(4,5)32-23/h19-24,27-28H,6-18H2,1-5H3/t19-,20+,21-,22-,23+,24-/m0/s1. The van der Waals surface area contributed by atoms with Gasteiger partial charge in [0.05, 0.1) is 0 Å². The van der Waals surface area contributed by atoms with Gasteiger partial charge in [0.2, 0.25) is 0 Å². The second-order valence-corrected chi connectivity index (χ2v) is 10.9. The van der Waals surface area contributed by atoms with E-state index in [0.29, 0.717) is 6.42 Å². The third-order valence-corrected chi connectivity index (χ3v) is 6.96. The molecule has 0 unspecified atom stereocenters. The van der Waals surface area contributed by atoms with Gasteiger partial charge in [0.25, 0.3) is 0 Å². The maximum atomic E-state index is 9.73. The van der Waals surface area contributed by atoms with Crippen LogP contribution in [0.3, 0.4) is 0 Å². The van der Waals surface area contributed by atoms with Crippen molar-refractivity contribution in [2.24, 2.45) is 0 Å². The molecule has 0 radical (unpaired) electrons. The Kier molecular flexibility index (Phi) is 10.4. The van der Waals surface area contributed by atoms with Gasteiger partial charge in [0, 0.05) is 12.6 Å². The van der Waals surface area contributed by atoms with Crippen LogP contribution in [0.4, 0.5) is 0 Å². The van der Waals surface area contributed by atoms with Gasteiger partial charge in [-0.25, -0.2) is 0 Å². The molecular weight excluding hydrogens is 422 g/mol. The van der Waals surface area contributed by atoms with Crippen molar-refractivity contribution in [3.05, 3.63) is 0 Å². The van der Waals surface area contributed by atoms with Crippen molar-refractivity contribution in [2.45, 2.75) is 154 Å². The van der Waals surface area contributed by atoms with Gasteiger partial charge >= 0.3 is 0 Å². The van der Waals surface area contributed by atoms with E-state index in [2.05, 4.69) is 12.2 Å². The number of rotatable bonds is 15. The number of fused-ring (bicyclic) bond motifs is 3. The first kappa shape index (κ1) is 27.3. The Bertz CT molecular complexity index is 571. The van der Waals surface area contributed by atoms with E-state index in [-0.39, 0.29) is 37.1 Å². The van der Waals surface area contributed by atoms with Gasteiger partial charge in [-0.05, 0) is 47.1 Å². The summed E-state index contributed by atoms with van der Waals surface area (Å²) in [4.78, 5) is 0. The Labute approximate surface area is 201 Å². The van der Waals surface area contributed by atoms with E-state index in [4.69, 9.17) is 23.7 Å². The molecule has 0 aromatic rings. The summed E-state index contributed by atoms with van der Waals surface area (Å²) in [5.74, 6) is -1.43. The monoisotopic (exact) mass is 471 g/mol. The summed E-state index contributed by atoms with van der Waals surface area (Å²) >= 11 is 0. The molecule has 3 fully saturated rings. The number of ether oxygens (including phenoxy) is 5. The highest BCUT2D eigenvalue weighted by molar-refractivity contribution is 5.03. The summed E-state index contributed by atoms with van der Waals surface area (Å²) < 4.78 is 31.0. The Morgan fingerprint density at radius 2 is 1.27 bits per heavy atom. The lowest BCUT2D eigenvalue weighted by Gasteiger charge is -2.41. The van der Waals surface area contributed by atoms with Crippen LogP contribution in [0.25, 0.3) is 0 Å². The number of aliphatic hydroxyl groups is 1. The average molecular weight is 472 g/mol. The lowest BCUT2D eigenvalue weighted by molar-refractivity contribution is -0.240. The fourth-order valence-corrected chi connectivity index (χ4v) is 5.39. The van der Waals surface area contributed by atoms with Gasteiger partial charge < -0.3 is 34.1 Å². The van der Waals surface area contributed by atoms with Gasteiger partial charge in [-0.1, -0.05) is 64.7 Å². The van der Waals surface area contributed by atoms with Gasteiger partial charge in [0.15, 0.2) is 17.9 Å². The van der Waals surface area contributed by atoms with E-state index in [1.54, 1.807) is 0 Å². The first-order valence-electron chi connectivity index (χ1n) is 13.5. The minimum absolute atomic E-state index is 0.0353. The molecular formula is C26H49NO6. The molecule has 0 saturated carbocycles. The van der Waals surface area contributed by atoms with E-state index < -0.39 is 17.9 Å². The number of unbranched alkanes of at least 4 members (excludes halogenated alkanes) is 9. The van der Waals surface area contributed by atoms with Crippen LogP contribution in [-0.2, 0) is 23.7 Å². The Balaban J connectivity index is 1.45. The van der Waals surface area contributed by atoms with Crippen LogP contribution in [0.2, 0.25) is 0 Å². The number of aliphatic hydroxyl groups excluding tert-OH is 1. The highest BCUT2D eigenvalue weighted by atomic mass is 16.9. The molecule has 3 rings (SSSR count). The molecule has 2 N–H and O–H groups in total. The summed E-state index contributed by atoms with van der Waals surface area (Å²) in [6.45, 7) is 10.9. The molecule has 0 spiro atoms. The maximum Gasteiger partial charge on any atom is 0.190 e. The number of hydrogen-bond acceptors (Lipinski definition) is 7. The van der Waals surface area contributed by atoms with E-state index in [1.165, 1.54) is 57.8 Å². The Morgan fingerprint density at radius 1 is 0.727 bits per heavy atom. The molecule has 3 aliphatic rings. The van der Waals surface area contributed by atoms with Crippen LogP contribution in [0.1, 0.15) is 105 Å². The minimum Gasteiger partial charge on any atom is -0.396 e. The van der Waals surface area contributed by atoms with E-state index in [9.17, 15) is 5.11 Å². The van der Waals surface area contributed by atoms with Crippen LogP contribution in [0.15, 0.2) is 0 Å². The molecule has 0 bridgehead atoms. The topological polar surface area (TPSA) is 78.4 Å². The molecule has 7 nitrogen and oxygen atoms in total. The molecule has 7 heteroatoms. The van der Waals surface area contributed by atoms with Crippen molar-refractivity contribution >= 4 is 0 Å². The second kappa shape index (κ2) is 12.6.